The number of hydrogen-bond acceptors (Lipinski definition) is 1. The van der Waals surface area contributed by atoms with E-state index in [2.05, 4.69) is 137 Å². The molecule has 1 N–H and O–H groups in total. The quantitative estimate of drug-likeness (QED) is 0.328. The summed E-state index contributed by atoms with van der Waals surface area (Å²) >= 11 is 0. The van der Waals surface area contributed by atoms with Gasteiger partial charge in [0.05, 0.1) is 0 Å². The van der Waals surface area contributed by atoms with E-state index in [1.807, 2.05) is 0 Å². The van der Waals surface area contributed by atoms with Crippen LogP contribution in [0.5, 0.6) is 0 Å². The van der Waals surface area contributed by atoms with Crippen molar-refractivity contribution in [1.82, 2.24) is 0 Å². The van der Waals surface area contributed by atoms with Crippen molar-refractivity contribution in [1.29, 1.82) is 5.16 Å². The van der Waals surface area contributed by atoms with E-state index in [1.165, 1.54) is 44.2 Å². The molecular weight excluding hydrogens is 465 g/mol. The molecular formula is C35H48NP. The summed E-state index contributed by atoms with van der Waals surface area (Å²) in [4.78, 5) is 0. The van der Waals surface area contributed by atoms with Gasteiger partial charge in [0.2, 0.25) is 0 Å². The number of hydrogen-bond donors (Lipinski definition) is 1. The Morgan fingerprint density at radius 3 is 1.49 bits per heavy atom. The predicted molar refractivity (Wildman–Crippen MR) is 166 cm³/mol. The van der Waals surface area contributed by atoms with Gasteiger partial charge < -0.3 is 5.16 Å². The van der Waals surface area contributed by atoms with Crippen LogP contribution in [0.1, 0.15) is 116 Å². The Kier molecular flexibility index (Phi) is 7.22. The molecule has 0 bridgehead atoms. The van der Waals surface area contributed by atoms with E-state index in [0.29, 0.717) is 11.3 Å². The summed E-state index contributed by atoms with van der Waals surface area (Å²) in [6.45, 7) is 25.3. The molecule has 0 saturated carbocycles. The third kappa shape index (κ3) is 4.78. The third-order valence-corrected chi connectivity index (χ3v) is 13.2. The van der Waals surface area contributed by atoms with E-state index >= 15 is 0 Å². The molecule has 3 aromatic carbocycles. The zero-order valence-corrected chi connectivity index (χ0v) is 25.9. The summed E-state index contributed by atoms with van der Waals surface area (Å²) in [5.41, 5.74) is 10.7. The van der Waals surface area contributed by atoms with Crippen LogP contribution < -0.4 is 5.30 Å². The average Bonchev–Trinajstić information content (AvgIpc) is 3.14. The fourth-order valence-electron chi connectivity index (χ4n) is 6.31. The topological polar surface area (TPSA) is 23.9 Å². The Morgan fingerprint density at radius 1 is 0.649 bits per heavy atom. The number of benzene rings is 3. The lowest BCUT2D eigenvalue weighted by atomic mass is 9.77. The summed E-state index contributed by atoms with van der Waals surface area (Å²) < 4.78 is 0. The lowest BCUT2D eigenvalue weighted by molar-refractivity contribution is 0.584. The van der Waals surface area contributed by atoms with E-state index in [1.54, 1.807) is 0 Å². The van der Waals surface area contributed by atoms with Crippen LogP contribution in [0.3, 0.4) is 0 Å². The molecule has 3 aromatic rings. The molecule has 1 aliphatic rings. The van der Waals surface area contributed by atoms with Gasteiger partial charge in [-0.15, -0.1) is 0 Å². The van der Waals surface area contributed by atoms with Gasteiger partial charge in [0.1, 0.15) is 0 Å². The monoisotopic (exact) mass is 513 g/mol. The molecule has 1 atom stereocenters. The summed E-state index contributed by atoms with van der Waals surface area (Å²) in [5, 5.41) is 11.1. The molecule has 0 radical (unpaired) electrons. The standard InChI is InChI=1S/C35H48NP/c1-22(2)37(36,23(3)4)32-15-13-12-14-27(32)24(5)33-30-20-25(34(6,7)8)16-18-28(30)29-19-17-26(21-31(29)33)35(9,10)11/h12-24,33,36H,1-11H3. The van der Waals surface area contributed by atoms with Gasteiger partial charge in [-0.2, -0.15) is 0 Å². The summed E-state index contributed by atoms with van der Waals surface area (Å²) in [7, 11) is -2.09. The first-order chi connectivity index (χ1) is 17.1. The highest BCUT2D eigenvalue weighted by atomic mass is 31.2. The molecule has 37 heavy (non-hydrogen) atoms. The second-order valence-electron chi connectivity index (χ2n) is 13.9. The van der Waals surface area contributed by atoms with Crippen molar-refractivity contribution >= 4 is 12.4 Å². The predicted octanol–water partition coefficient (Wildman–Crippen LogP) is 10.4. The van der Waals surface area contributed by atoms with E-state index in [-0.39, 0.29) is 22.7 Å². The Hall–Kier alpha value is -2.11. The maximum atomic E-state index is 9.81. The van der Waals surface area contributed by atoms with Crippen LogP contribution in [0.15, 0.2) is 60.7 Å². The normalized spacial score (nSPS) is 15.3. The van der Waals surface area contributed by atoms with Gasteiger partial charge in [-0.05, 0) is 72.3 Å². The Morgan fingerprint density at radius 2 is 1.08 bits per heavy atom. The fourth-order valence-corrected chi connectivity index (χ4v) is 9.65. The first-order valence-corrected chi connectivity index (χ1v) is 16.0. The molecule has 1 aliphatic carbocycles. The summed E-state index contributed by atoms with van der Waals surface area (Å²) in [6.07, 6.45) is 0. The Bertz CT molecular complexity index is 1270. The fraction of sp³-hybridized carbons (Fsp3) is 0.486. The van der Waals surface area contributed by atoms with Gasteiger partial charge in [0.25, 0.3) is 0 Å². The highest BCUT2D eigenvalue weighted by molar-refractivity contribution is 7.74. The summed E-state index contributed by atoms with van der Waals surface area (Å²) in [5.74, 6) is 0.562. The van der Waals surface area contributed by atoms with Crippen LogP contribution in [0.2, 0.25) is 0 Å². The third-order valence-electron chi connectivity index (χ3n) is 8.75. The van der Waals surface area contributed by atoms with Crippen LogP contribution in [0.4, 0.5) is 0 Å². The van der Waals surface area contributed by atoms with Gasteiger partial charge in [-0.1, -0.05) is 137 Å². The van der Waals surface area contributed by atoms with Crippen molar-refractivity contribution in [3.05, 3.63) is 88.5 Å². The van der Waals surface area contributed by atoms with Gasteiger partial charge in [-0.25, -0.2) is 0 Å². The SMILES string of the molecule is CC(c1ccccc1P(=N)(C(C)C)C(C)C)C1c2cc(C(C)(C)C)ccc2-c2ccc(C(C)(C)C)cc21. The van der Waals surface area contributed by atoms with Gasteiger partial charge >= 0.3 is 0 Å². The molecule has 0 saturated heterocycles. The molecule has 0 amide bonds. The zero-order valence-electron chi connectivity index (χ0n) is 25.0. The highest BCUT2D eigenvalue weighted by Crippen LogP contribution is 2.58. The number of fused-ring (bicyclic) bond motifs is 3. The number of nitrogens with one attached hydrogen (secondary N) is 1. The van der Waals surface area contributed by atoms with Crippen LogP contribution in [-0.4, -0.2) is 11.3 Å². The van der Waals surface area contributed by atoms with Gasteiger partial charge in [0, 0.05) is 13.0 Å². The van der Waals surface area contributed by atoms with Crippen LogP contribution in [0, 0.1) is 5.16 Å². The van der Waals surface area contributed by atoms with E-state index in [9.17, 15) is 5.16 Å². The minimum Gasteiger partial charge on any atom is -0.313 e. The number of rotatable bonds is 5. The van der Waals surface area contributed by atoms with Crippen LogP contribution in [0.25, 0.3) is 11.1 Å². The van der Waals surface area contributed by atoms with E-state index in [0.717, 1.165) is 0 Å². The molecule has 0 aromatic heterocycles. The van der Waals surface area contributed by atoms with Gasteiger partial charge in [-0.3, -0.25) is 0 Å². The molecule has 0 spiro atoms. The van der Waals surface area contributed by atoms with Crippen molar-refractivity contribution in [3.63, 3.8) is 0 Å². The van der Waals surface area contributed by atoms with Crippen molar-refractivity contribution in [3.8, 4) is 11.1 Å². The Balaban J connectivity index is 1.98. The van der Waals surface area contributed by atoms with Crippen LogP contribution >= 0.6 is 7.05 Å². The molecule has 2 heteroatoms. The lowest BCUT2D eigenvalue weighted by Crippen LogP contribution is -2.25. The van der Waals surface area contributed by atoms with Crippen molar-refractivity contribution < 1.29 is 0 Å². The minimum absolute atomic E-state index is 0.100. The van der Waals surface area contributed by atoms with Crippen molar-refractivity contribution in [2.24, 2.45) is 0 Å². The summed E-state index contributed by atoms with van der Waals surface area (Å²) in [6, 6.07) is 23.3. The molecule has 0 aliphatic heterocycles. The van der Waals surface area contributed by atoms with Crippen LogP contribution in [-0.2, 0) is 10.8 Å². The zero-order chi connectivity index (χ0) is 27.5. The molecule has 0 fully saturated rings. The maximum absolute atomic E-state index is 9.81. The first-order valence-electron chi connectivity index (χ1n) is 14.1. The van der Waals surface area contributed by atoms with Crippen molar-refractivity contribution in [2.45, 2.75) is 110 Å². The largest absolute Gasteiger partial charge is 0.313 e. The second-order valence-corrected chi connectivity index (χ2v) is 18.0. The lowest BCUT2D eigenvalue weighted by Gasteiger charge is -2.35. The minimum atomic E-state index is -2.09. The first kappa shape index (κ1) is 27.9. The Labute approximate surface area is 227 Å². The molecule has 0 heterocycles. The van der Waals surface area contributed by atoms with Gasteiger partial charge in [0.15, 0.2) is 0 Å². The average molecular weight is 514 g/mol. The highest BCUT2D eigenvalue weighted by Gasteiger charge is 2.38. The molecule has 1 nitrogen and oxygen atoms in total. The molecule has 4 rings (SSSR count). The maximum Gasteiger partial charge on any atom is 0.0168 e. The van der Waals surface area contributed by atoms with E-state index < -0.39 is 7.05 Å². The second kappa shape index (κ2) is 9.57. The van der Waals surface area contributed by atoms with E-state index in [4.69, 9.17) is 0 Å². The molecule has 1 unspecified atom stereocenters. The smallest absolute Gasteiger partial charge is 0.0168 e. The van der Waals surface area contributed by atoms with Crippen molar-refractivity contribution in [2.75, 3.05) is 0 Å². The molecule has 198 valence electrons.